The second-order valence-corrected chi connectivity index (χ2v) is 3.56. The summed E-state index contributed by atoms with van der Waals surface area (Å²) in [4.78, 5) is 3.83. The van der Waals surface area contributed by atoms with E-state index < -0.39 is 11.9 Å². The molecular weight excluding hydrogens is 225 g/mol. The number of methoxy groups -OCH3 is 1. The lowest BCUT2D eigenvalue weighted by molar-refractivity contribution is 0.168. The van der Waals surface area contributed by atoms with Gasteiger partial charge in [-0.25, -0.2) is 9.37 Å². The maximum atomic E-state index is 13.4. The van der Waals surface area contributed by atoms with Crippen LogP contribution in [0.4, 0.5) is 4.39 Å². The predicted octanol–water partition coefficient (Wildman–Crippen LogP) is 1.23. The number of halogens is 1. The molecule has 0 aliphatic heterocycles. The van der Waals surface area contributed by atoms with Crippen molar-refractivity contribution < 1.29 is 14.2 Å². The first-order valence-electron chi connectivity index (χ1n) is 5.06. The third-order valence-electron chi connectivity index (χ3n) is 2.39. The number of nitrogens with one attached hydrogen (secondary N) is 1. The molecule has 90 valence electrons. The van der Waals surface area contributed by atoms with Crippen LogP contribution in [0, 0.1) is 5.82 Å². The SMILES string of the molecule is COc1ccc(CC(O)c2ncn[nH]2)cc1F. The summed E-state index contributed by atoms with van der Waals surface area (Å²) in [6, 6.07) is 4.55. The molecule has 0 radical (unpaired) electrons. The molecule has 0 spiro atoms. The minimum atomic E-state index is -0.828. The molecule has 17 heavy (non-hydrogen) atoms. The van der Waals surface area contributed by atoms with Crippen LogP contribution in [0.2, 0.25) is 0 Å². The third-order valence-corrected chi connectivity index (χ3v) is 2.39. The summed E-state index contributed by atoms with van der Waals surface area (Å²) in [6.07, 6.45) is 0.744. The van der Waals surface area contributed by atoms with E-state index in [0.717, 1.165) is 0 Å². The Bertz CT molecular complexity index is 487. The van der Waals surface area contributed by atoms with Gasteiger partial charge >= 0.3 is 0 Å². The number of rotatable bonds is 4. The number of aromatic nitrogens is 3. The Balaban J connectivity index is 2.11. The Morgan fingerprint density at radius 2 is 2.35 bits per heavy atom. The Morgan fingerprint density at radius 1 is 1.53 bits per heavy atom. The van der Waals surface area contributed by atoms with Gasteiger partial charge in [-0.3, -0.25) is 5.10 Å². The van der Waals surface area contributed by atoms with Crippen LogP contribution in [0.15, 0.2) is 24.5 Å². The molecule has 0 saturated carbocycles. The third kappa shape index (κ3) is 2.59. The lowest BCUT2D eigenvalue weighted by Gasteiger charge is -2.08. The first-order valence-corrected chi connectivity index (χ1v) is 5.06. The highest BCUT2D eigenvalue weighted by molar-refractivity contribution is 5.29. The van der Waals surface area contributed by atoms with Gasteiger partial charge in [-0.15, -0.1) is 0 Å². The second kappa shape index (κ2) is 4.92. The Morgan fingerprint density at radius 3 is 2.94 bits per heavy atom. The highest BCUT2D eigenvalue weighted by atomic mass is 19.1. The maximum Gasteiger partial charge on any atom is 0.165 e. The van der Waals surface area contributed by atoms with Crippen molar-refractivity contribution in [3.8, 4) is 5.75 Å². The molecule has 1 aromatic heterocycles. The number of hydrogen-bond donors (Lipinski definition) is 2. The highest BCUT2D eigenvalue weighted by Crippen LogP contribution is 2.21. The molecule has 2 rings (SSSR count). The average molecular weight is 237 g/mol. The molecule has 2 aromatic rings. The van der Waals surface area contributed by atoms with Gasteiger partial charge in [-0.2, -0.15) is 5.10 Å². The minimum absolute atomic E-state index is 0.183. The van der Waals surface area contributed by atoms with Gasteiger partial charge in [0.1, 0.15) is 12.4 Å². The van der Waals surface area contributed by atoms with Crippen LogP contribution >= 0.6 is 0 Å². The summed E-state index contributed by atoms with van der Waals surface area (Å²) in [5.41, 5.74) is 0.659. The van der Waals surface area contributed by atoms with Crippen molar-refractivity contribution in [2.45, 2.75) is 12.5 Å². The Kier molecular flexibility index (Phi) is 3.34. The summed E-state index contributed by atoms with van der Waals surface area (Å²) < 4.78 is 18.2. The van der Waals surface area contributed by atoms with Crippen molar-refractivity contribution in [2.24, 2.45) is 0 Å². The number of H-pyrrole nitrogens is 1. The molecule has 6 heteroatoms. The monoisotopic (exact) mass is 237 g/mol. The number of aliphatic hydroxyl groups excluding tert-OH is 1. The number of nitrogens with zero attached hydrogens (tertiary/aromatic N) is 2. The van der Waals surface area contributed by atoms with Crippen LogP contribution in [0.5, 0.6) is 5.75 Å². The zero-order valence-electron chi connectivity index (χ0n) is 9.22. The number of hydrogen-bond acceptors (Lipinski definition) is 4. The van der Waals surface area contributed by atoms with Gasteiger partial charge in [0.15, 0.2) is 17.4 Å². The zero-order chi connectivity index (χ0) is 12.3. The van der Waals surface area contributed by atoms with Crippen molar-refractivity contribution in [1.29, 1.82) is 0 Å². The van der Waals surface area contributed by atoms with Crippen LogP contribution in [-0.4, -0.2) is 27.4 Å². The Hall–Kier alpha value is -1.95. The van der Waals surface area contributed by atoms with Crippen molar-refractivity contribution in [3.63, 3.8) is 0 Å². The molecule has 1 unspecified atom stereocenters. The smallest absolute Gasteiger partial charge is 0.165 e. The van der Waals surface area contributed by atoms with Gasteiger partial charge in [0.2, 0.25) is 0 Å². The molecule has 0 bridgehead atoms. The summed E-state index contributed by atoms with van der Waals surface area (Å²) >= 11 is 0. The molecular formula is C11H12FN3O2. The van der Waals surface area contributed by atoms with Crippen LogP contribution in [0.25, 0.3) is 0 Å². The lowest BCUT2D eigenvalue weighted by atomic mass is 10.1. The molecule has 0 saturated heterocycles. The predicted molar refractivity (Wildman–Crippen MR) is 58.0 cm³/mol. The fourth-order valence-electron chi connectivity index (χ4n) is 1.53. The van der Waals surface area contributed by atoms with Gasteiger partial charge in [0, 0.05) is 6.42 Å². The number of benzene rings is 1. The zero-order valence-corrected chi connectivity index (χ0v) is 9.22. The number of aliphatic hydroxyl groups is 1. The van der Waals surface area contributed by atoms with E-state index in [4.69, 9.17) is 4.74 Å². The largest absolute Gasteiger partial charge is 0.494 e. The molecule has 0 amide bonds. The van der Waals surface area contributed by atoms with E-state index in [-0.39, 0.29) is 12.2 Å². The molecule has 1 aromatic carbocycles. The lowest BCUT2D eigenvalue weighted by Crippen LogP contribution is -2.04. The van der Waals surface area contributed by atoms with Gasteiger partial charge in [0.25, 0.3) is 0 Å². The van der Waals surface area contributed by atoms with Gasteiger partial charge in [0.05, 0.1) is 7.11 Å². The minimum Gasteiger partial charge on any atom is -0.494 e. The van der Waals surface area contributed by atoms with E-state index in [1.54, 1.807) is 6.07 Å². The van der Waals surface area contributed by atoms with Crippen LogP contribution in [-0.2, 0) is 6.42 Å². The second-order valence-electron chi connectivity index (χ2n) is 3.56. The molecule has 0 aliphatic rings. The van der Waals surface area contributed by atoms with E-state index in [2.05, 4.69) is 15.2 Å². The molecule has 1 atom stereocenters. The molecule has 5 nitrogen and oxygen atoms in total. The van der Waals surface area contributed by atoms with Gasteiger partial charge < -0.3 is 9.84 Å². The van der Waals surface area contributed by atoms with Gasteiger partial charge in [-0.05, 0) is 17.7 Å². The van der Waals surface area contributed by atoms with Crippen LogP contribution in [0.3, 0.4) is 0 Å². The quantitative estimate of drug-likeness (QED) is 0.839. The number of ether oxygens (including phenoxy) is 1. The first kappa shape index (κ1) is 11.5. The fourth-order valence-corrected chi connectivity index (χ4v) is 1.53. The molecule has 0 fully saturated rings. The van der Waals surface area contributed by atoms with E-state index in [1.807, 2.05) is 0 Å². The molecule has 2 N–H and O–H groups in total. The van der Waals surface area contributed by atoms with Crippen molar-refractivity contribution >= 4 is 0 Å². The van der Waals surface area contributed by atoms with Crippen molar-refractivity contribution in [3.05, 3.63) is 41.7 Å². The van der Waals surface area contributed by atoms with E-state index >= 15 is 0 Å². The molecule has 1 heterocycles. The van der Waals surface area contributed by atoms with Crippen LogP contribution < -0.4 is 4.74 Å². The standard InChI is InChI=1S/C11H12FN3O2/c1-17-10-3-2-7(4-8(10)12)5-9(16)11-13-6-14-15-11/h2-4,6,9,16H,5H2,1H3,(H,13,14,15). The highest BCUT2D eigenvalue weighted by Gasteiger charge is 2.12. The van der Waals surface area contributed by atoms with Crippen molar-refractivity contribution in [1.82, 2.24) is 15.2 Å². The van der Waals surface area contributed by atoms with E-state index in [9.17, 15) is 9.50 Å². The van der Waals surface area contributed by atoms with E-state index in [0.29, 0.717) is 11.4 Å². The van der Waals surface area contributed by atoms with E-state index in [1.165, 1.54) is 25.6 Å². The average Bonchev–Trinajstić information content (AvgIpc) is 2.82. The summed E-state index contributed by atoms with van der Waals surface area (Å²) in [5.74, 6) is 0.0962. The number of aromatic amines is 1. The van der Waals surface area contributed by atoms with Gasteiger partial charge in [-0.1, -0.05) is 6.07 Å². The summed E-state index contributed by atoms with van der Waals surface area (Å²) in [5, 5.41) is 16.0. The maximum absolute atomic E-state index is 13.4. The topological polar surface area (TPSA) is 71.0 Å². The first-order chi connectivity index (χ1) is 8.20. The molecule has 0 aliphatic carbocycles. The van der Waals surface area contributed by atoms with Crippen molar-refractivity contribution in [2.75, 3.05) is 7.11 Å². The Labute approximate surface area is 97.3 Å². The fraction of sp³-hybridized carbons (Fsp3) is 0.273. The van der Waals surface area contributed by atoms with Crippen LogP contribution in [0.1, 0.15) is 17.5 Å². The summed E-state index contributed by atoms with van der Waals surface area (Å²) in [6.45, 7) is 0. The summed E-state index contributed by atoms with van der Waals surface area (Å²) in [7, 11) is 1.40. The normalized spacial score (nSPS) is 12.4.